The molecule has 2 N–H and O–H groups in total. The minimum atomic E-state index is -0.604. The summed E-state index contributed by atoms with van der Waals surface area (Å²) in [4.78, 5) is 39.4. The van der Waals surface area contributed by atoms with E-state index >= 15 is 0 Å². The molecule has 174 valence electrons. The average molecular weight is 470 g/mol. The minimum Gasteiger partial charge on any atom is -0.497 e. The highest BCUT2D eigenvalue weighted by Crippen LogP contribution is 2.49. The summed E-state index contributed by atoms with van der Waals surface area (Å²) < 4.78 is 10.0. The highest BCUT2D eigenvalue weighted by Gasteiger charge is 2.62. The van der Waals surface area contributed by atoms with Gasteiger partial charge in [0.05, 0.1) is 18.3 Å². The first-order chi connectivity index (χ1) is 15.8. The van der Waals surface area contributed by atoms with Gasteiger partial charge in [-0.3, -0.25) is 14.9 Å². The van der Waals surface area contributed by atoms with Gasteiger partial charge in [-0.25, -0.2) is 4.79 Å². The number of amides is 3. The Morgan fingerprint density at radius 1 is 1.03 bits per heavy atom. The van der Waals surface area contributed by atoms with Crippen LogP contribution >= 0.6 is 11.8 Å². The second kappa shape index (κ2) is 9.35. The van der Waals surface area contributed by atoms with Gasteiger partial charge in [0.2, 0.25) is 5.91 Å². The third kappa shape index (κ3) is 4.93. The quantitative estimate of drug-likeness (QED) is 0.606. The van der Waals surface area contributed by atoms with E-state index in [1.54, 1.807) is 35.9 Å². The number of fused-ring (bicyclic) bond motifs is 1. The second-order valence-corrected chi connectivity index (χ2v) is 10.3. The van der Waals surface area contributed by atoms with E-state index in [0.717, 1.165) is 16.9 Å². The Hall–Kier alpha value is -3.20. The number of rotatable bonds is 7. The minimum absolute atomic E-state index is 0.103. The van der Waals surface area contributed by atoms with E-state index in [-0.39, 0.29) is 30.2 Å². The maximum atomic E-state index is 12.8. The van der Waals surface area contributed by atoms with E-state index < -0.39 is 23.0 Å². The topological polar surface area (TPSA) is 97.0 Å². The maximum Gasteiger partial charge on any atom is 0.409 e. The van der Waals surface area contributed by atoms with Crippen LogP contribution < -0.4 is 15.4 Å². The van der Waals surface area contributed by atoms with Gasteiger partial charge < -0.3 is 19.7 Å². The van der Waals surface area contributed by atoms with Crippen LogP contribution in [0.15, 0.2) is 54.6 Å². The van der Waals surface area contributed by atoms with E-state index in [4.69, 9.17) is 9.47 Å². The third-order valence-electron chi connectivity index (χ3n) is 5.75. The molecule has 0 bridgehead atoms. The molecular formula is C24H27N3O5S. The lowest BCUT2D eigenvalue weighted by atomic mass is 10.0. The molecule has 2 aliphatic heterocycles. The summed E-state index contributed by atoms with van der Waals surface area (Å²) in [6.45, 7) is 4.02. The van der Waals surface area contributed by atoms with E-state index in [1.165, 1.54) is 0 Å². The van der Waals surface area contributed by atoms with Crippen LogP contribution in [0.25, 0.3) is 0 Å². The van der Waals surface area contributed by atoms with Crippen molar-refractivity contribution in [3.63, 3.8) is 0 Å². The Morgan fingerprint density at radius 2 is 1.73 bits per heavy atom. The smallest absolute Gasteiger partial charge is 0.409 e. The Labute approximate surface area is 197 Å². The maximum absolute atomic E-state index is 12.8. The molecule has 0 radical (unpaired) electrons. The van der Waals surface area contributed by atoms with Crippen LogP contribution in [-0.2, 0) is 27.4 Å². The summed E-state index contributed by atoms with van der Waals surface area (Å²) in [5.41, 5.74) is 1.71. The lowest BCUT2D eigenvalue weighted by Gasteiger charge is -2.44. The molecule has 2 aliphatic rings. The van der Waals surface area contributed by atoms with Crippen LogP contribution in [0.3, 0.4) is 0 Å². The monoisotopic (exact) mass is 469 g/mol. The Kier molecular flexibility index (Phi) is 6.51. The molecule has 33 heavy (non-hydrogen) atoms. The van der Waals surface area contributed by atoms with Gasteiger partial charge in [-0.15, -0.1) is 11.8 Å². The fourth-order valence-electron chi connectivity index (χ4n) is 4.00. The molecule has 0 aliphatic carbocycles. The Balaban J connectivity index is 1.32. The van der Waals surface area contributed by atoms with Gasteiger partial charge in [-0.05, 0) is 37.1 Å². The van der Waals surface area contributed by atoms with Crippen molar-refractivity contribution in [2.24, 2.45) is 0 Å². The second-order valence-electron chi connectivity index (χ2n) is 8.54. The molecular weight excluding hydrogens is 442 g/mol. The lowest BCUT2D eigenvalue weighted by Crippen LogP contribution is -2.72. The van der Waals surface area contributed by atoms with Gasteiger partial charge in [0.25, 0.3) is 5.91 Å². The van der Waals surface area contributed by atoms with Crippen LogP contribution in [0.1, 0.15) is 25.0 Å². The number of hydrogen-bond donors (Lipinski definition) is 2. The fraction of sp³-hybridized carbons (Fsp3) is 0.375. The van der Waals surface area contributed by atoms with Crippen molar-refractivity contribution in [1.29, 1.82) is 0 Å². The van der Waals surface area contributed by atoms with Crippen molar-refractivity contribution in [1.82, 2.24) is 15.5 Å². The summed E-state index contributed by atoms with van der Waals surface area (Å²) in [6.07, 6.45) is -0.926. The van der Waals surface area contributed by atoms with Crippen LogP contribution in [0.5, 0.6) is 5.75 Å². The zero-order chi connectivity index (χ0) is 23.6. The van der Waals surface area contributed by atoms with Crippen molar-refractivity contribution in [3.05, 3.63) is 65.7 Å². The number of methoxy groups -OCH3 is 1. The molecule has 0 aromatic heterocycles. The van der Waals surface area contributed by atoms with Crippen molar-refractivity contribution >= 4 is 29.7 Å². The predicted octanol–water partition coefficient (Wildman–Crippen LogP) is 2.67. The van der Waals surface area contributed by atoms with Crippen molar-refractivity contribution < 1.29 is 23.9 Å². The number of β-lactam (4-membered cyclic amide) rings is 1. The first-order valence-electron chi connectivity index (χ1n) is 10.7. The highest BCUT2D eigenvalue weighted by atomic mass is 32.2. The standard InChI is InChI=1S/C24H27N3O5S/c1-24(2)22(26-23(30)32-14-16-9-11-17(31-3)12-10-16)27-20(29)19(21(27)33-24)25-18(28)13-15-7-5-4-6-8-15/h4-12,19,21-22H,13-14H2,1-3H3,(H,25,28)(H,26,30)/t19?,21-,22?/m1/s1. The zero-order valence-electron chi connectivity index (χ0n) is 18.7. The summed E-state index contributed by atoms with van der Waals surface area (Å²) in [5, 5.41) is 5.43. The molecule has 2 fully saturated rings. The Bertz CT molecular complexity index is 1030. The van der Waals surface area contributed by atoms with E-state index in [0.29, 0.717) is 0 Å². The van der Waals surface area contributed by atoms with Crippen LogP contribution in [0.4, 0.5) is 4.79 Å². The van der Waals surface area contributed by atoms with Crippen LogP contribution in [-0.4, -0.2) is 52.2 Å². The summed E-state index contributed by atoms with van der Waals surface area (Å²) in [6, 6.07) is 16.0. The van der Waals surface area contributed by atoms with Gasteiger partial charge in [-0.1, -0.05) is 42.5 Å². The van der Waals surface area contributed by atoms with Crippen molar-refractivity contribution in [2.75, 3.05) is 7.11 Å². The average Bonchev–Trinajstić information content (AvgIpc) is 3.04. The number of nitrogens with one attached hydrogen (secondary N) is 2. The number of thioether (sulfide) groups is 1. The van der Waals surface area contributed by atoms with E-state index in [2.05, 4.69) is 10.6 Å². The van der Waals surface area contributed by atoms with E-state index in [1.807, 2.05) is 56.3 Å². The number of hydrogen-bond acceptors (Lipinski definition) is 6. The molecule has 2 saturated heterocycles. The van der Waals surface area contributed by atoms with Gasteiger partial charge in [0, 0.05) is 0 Å². The largest absolute Gasteiger partial charge is 0.497 e. The summed E-state index contributed by atoms with van der Waals surface area (Å²) >= 11 is 1.55. The Morgan fingerprint density at radius 3 is 2.39 bits per heavy atom. The molecule has 2 heterocycles. The molecule has 3 atom stereocenters. The van der Waals surface area contributed by atoms with Crippen molar-refractivity contribution in [3.8, 4) is 5.75 Å². The third-order valence-corrected chi connectivity index (χ3v) is 7.32. The van der Waals surface area contributed by atoms with Crippen LogP contribution in [0.2, 0.25) is 0 Å². The molecule has 2 aromatic rings. The molecule has 0 saturated carbocycles. The first-order valence-corrected chi connectivity index (χ1v) is 11.6. The number of ether oxygens (including phenoxy) is 2. The molecule has 8 nitrogen and oxygen atoms in total. The number of carbonyl (C=O) groups is 3. The van der Waals surface area contributed by atoms with Gasteiger partial charge in [0.15, 0.2) is 0 Å². The van der Waals surface area contributed by atoms with Gasteiger partial charge in [0.1, 0.15) is 29.9 Å². The molecule has 2 aromatic carbocycles. The molecule has 2 unspecified atom stereocenters. The fourth-order valence-corrected chi connectivity index (χ4v) is 5.59. The number of nitrogens with zero attached hydrogens (tertiary/aromatic N) is 1. The molecule has 0 spiro atoms. The van der Waals surface area contributed by atoms with E-state index in [9.17, 15) is 14.4 Å². The first kappa shape index (κ1) is 23.0. The zero-order valence-corrected chi connectivity index (χ0v) is 19.6. The van der Waals surface area contributed by atoms with Crippen molar-refractivity contribution in [2.45, 2.75) is 49.2 Å². The number of alkyl carbamates (subject to hydrolysis) is 1. The number of benzene rings is 2. The van der Waals surface area contributed by atoms with Crippen LogP contribution in [0, 0.1) is 0 Å². The predicted molar refractivity (Wildman–Crippen MR) is 124 cm³/mol. The van der Waals surface area contributed by atoms with Gasteiger partial charge >= 0.3 is 6.09 Å². The highest BCUT2D eigenvalue weighted by molar-refractivity contribution is 8.01. The molecule has 3 amide bonds. The molecule has 9 heteroatoms. The number of carbonyl (C=O) groups excluding carboxylic acids is 3. The summed E-state index contributed by atoms with van der Waals surface area (Å²) in [7, 11) is 1.59. The molecule has 4 rings (SSSR count). The summed E-state index contributed by atoms with van der Waals surface area (Å²) in [5.74, 6) is 0.313. The normalized spacial score (nSPS) is 22.7. The van der Waals surface area contributed by atoms with Gasteiger partial charge in [-0.2, -0.15) is 0 Å². The SMILES string of the molecule is COc1ccc(COC(=O)NC2N3C(=O)C(NC(=O)Cc4ccccc4)[C@H]3SC2(C)C)cc1. The lowest BCUT2D eigenvalue weighted by molar-refractivity contribution is -0.151.